The molecule has 0 aliphatic carbocycles. The SMILES string of the molecule is CC(C)(C)C(=O)NCCN1CCCC1=O. The first kappa shape index (κ1) is 12.0. The molecular weight excluding hydrogens is 192 g/mol. The second kappa shape index (κ2) is 4.64. The summed E-state index contributed by atoms with van der Waals surface area (Å²) >= 11 is 0. The summed E-state index contributed by atoms with van der Waals surface area (Å²) in [5.41, 5.74) is -0.352. The van der Waals surface area contributed by atoms with Gasteiger partial charge in [-0.2, -0.15) is 0 Å². The standard InChI is InChI=1S/C11H20N2O2/c1-11(2,3)10(15)12-6-8-13-7-4-5-9(13)14/h4-8H2,1-3H3,(H,12,15). The first-order valence-electron chi connectivity index (χ1n) is 5.47. The third-order valence-electron chi connectivity index (χ3n) is 2.52. The molecule has 1 saturated heterocycles. The van der Waals surface area contributed by atoms with Crippen LogP contribution in [-0.4, -0.2) is 36.3 Å². The molecule has 4 nitrogen and oxygen atoms in total. The van der Waals surface area contributed by atoms with Gasteiger partial charge in [0.1, 0.15) is 0 Å². The Balaban J connectivity index is 2.22. The molecule has 1 N–H and O–H groups in total. The number of carbonyl (C=O) groups is 2. The molecule has 0 aromatic rings. The lowest BCUT2D eigenvalue weighted by Gasteiger charge is -2.20. The third-order valence-corrected chi connectivity index (χ3v) is 2.52. The number of hydrogen-bond acceptors (Lipinski definition) is 2. The van der Waals surface area contributed by atoms with Gasteiger partial charge in [0.2, 0.25) is 11.8 Å². The summed E-state index contributed by atoms with van der Waals surface area (Å²) in [5, 5.41) is 2.84. The number of nitrogens with zero attached hydrogens (tertiary/aromatic N) is 1. The topological polar surface area (TPSA) is 49.4 Å². The Bertz CT molecular complexity index is 256. The molecule has 0 atom stereocenters. The van der Waals surface area contributed by atoms with E-state index in [-0.39, 0.29) is 17.2 Å². The quantitative estimate of drug-likeness (QED) is 0.751. The summed E-state index contributed by atoms with van der Waals surface area (Å²) in [4.78, 5) is 24.6. The predicted octanol–water partition coefficient (Wildman–Crippen LogP) is 0.771. The number of rotatable bonds is 3. The van der Waals surface area contributed by atoms with E-state index >= 15 is 0 Å². The second-order valence-electron chi connectivity index (χ2n) is 4.99. The van der Waals surface area contributed by atoms with Crippen molar-refractivity contribution >= 4 is 11.8 Å². The van der Waals surface area contributed by atoms with E-state index in [9.17, 15) is 9.59 Å². The zero-order valence-corrected chi connectivity index (χ0v) is 9.80. The van der Waals surface area contributed by atoms with E-state index in [2.05, 4.69) is 5.32 Å². The van der Waals surface area contributed by atoms with Crippen LogP contribution >= 0.6 is 0 Å². The van der Waals surface area contributed by atoms with Crippen molar-refractivity contribution < 1.29 is 9.59 Å². The van der Waals surface area contributed by atoms with Gasteiger partial charge >= 0.3 is 0 Å². The van der Waals surface area contributed by atoms with Crippen LogP contribution < -0.4 is 5.32 Å². The van der Waals surface area contributed by atoms with Gasteiger partial charge in [-0.25, -0.2) is 0 Å². The first-order chi connectivity index (χ1) is 6.91. The fourth-order valence-corrected chi connectivity index (χ4v) is 1.51. The smallest absolute Gasteiger partial charge is 0.225 e. The van der Waals surface area contributed by atoms with Crippen molar-refractivity contribution in [3.05, 3.63) is 0 Å². The van der Waals surface area contributed by atoms with E-state index in [1.165, 1.54) is 0 Å². The highest BCUT2D eigenvalue weighted by molar-refractivity contribution is 5.81. The summed E-state index contributed by atoms with van der Waals surface area (Å²) in [6.07, 6.45) is 1.61. The van der Waals surface area contributed by atoms with Gasteiger partial charge < -0.3 is 10.2 Å². The summed E-state index contributed by atoms with van der Waals surface area (Å²) < 4.78 is 0. The molecule has 1 aliphatic rings. The van der Waals surface area contributed by atoms with Gasteiger partial charge in [0.15, 0.2) is 0 Å². The van der Waals surface area contributed by atoms with Crippen LogP contribution in [0.25, 0.3) is 0 Å². The van der Waals surface area contributed by atoms with Gasteiger partial charge in [-0.3, -0.25) is 9.59 Å². The molecule has 0 aromatic heterocycles. The van der Waals surface area contributed by atoms with E-state index in [1.54, 1.807) is 0 Å². The van der Waals surface area contributed by atoms with Crippen molar-refractivity contribution in [2.75, 3.05) is 19.6 Å². The maximum atomic E-state index is 11.5. The van der Waals surface area contributed by atoms with Gasteiger partial charge in [0, 0.05) is 31.5 Å². The summed E-state index contributed by atoms with van der Waals surface area (Å²) in [6.45, 7) is 7.67. The van der Waals surface area contributed by atoms with Crippen LogP contribution in [0.2, 0.25) is 0 Å². The van der Waals surface area contributed by atoms with E-state index in [4.69, 9.17) is 0 Å². The Hall–Kier alpha value is -1.06. The number of hydrogen-bond donors (Lipinski definition) is 1. The van der Waals surface area contributed by atoms with Gasteiger partial charge in [-0.1, -0.05) is 20.8 Å². The maximum absolute atomic E-state index is 11.5. The Morgan fingerprint density at radius 2 is 2.13 bits per heavy atom. The molecule has 1 rings (SSSR count). The fourth-order valence-electron chi connectivity index (χ4n) is 1.51. The molecule has 2 amide bonds. The van der Waals surface area contributed by atoms with Crippen molar-refractivity contribution in [3.63, 3.8) is 0 Å². The third kappa shape index (κ3) is 3.53. The molecule has 0 saturated carbocycles. The highest BCUT2D eigenvalue weighted by Crippen LogP contribution is 2.12. The second-order valence-corrected chi connectivity index (χ2v) is 4.99. The van der Waals surface area contributed by atoms with Crippen LogP contribution in [0.3, 0.4) is 0 Å². The molecule has 4 heteroatoms. The van der Waals surface area contributed by atoms with Crippen LogP contribution in [0.5, 0.6) is 0 Å². The molecular formula is C11H20N2O2. The lowest BCUT2D eigenvalue weighted by atomic mass is 9.96. The van der Waals surface area contributed by atoms with Crippen LogP contribution in [0.4, 0.5) is 0 Å². The van der Waals surface area contributed by atoms with Crippen LogP contribution in [-0.2, 0) is 9.59 Å². The Morgan fingerprint density at radius 3 is 2.60 bits per heavy atom. The molecule has 0 radical (unpaired) electrons. The summed E-state index contributed by atoms with van der Waals surface area (Å²) in [6, 6.07) is 0. The van der Waals surface area contributed by atoms with E-state index < -0.39 is 0 Å². The van der Waals surface area contributed by atoms with Crippen molar-refractivity contribution in [1.82, 2.24) is 10.2 Å². The van der Waals surface area contributed by atoms with Crippen LogP contribution in [0, 0.1) is 5.41 Å². The van der Waals surface area contributed by atoms with Gasteiger partial charge in [-0.15, -0.1) is 0 Å². The number of likely N-dealkylation sites (tertiary alicyclic amines) is 1. The maximum Gasteiger partial charge on any atom is 0.225 e. The van der Waals surface area contributed by atoms with Crippen molar-refractivity contribution in [1.29, 1.82) is 0 Å². The Labute approximate surface area is 91.0 Å². The van der Waals surface area contributed by atoms with Crippen LogP contribution in [0.1, 0.15) is 33.6 Å². The minimum Gasteiger partial charge on any atom is -0.354 e. The minimum absolute atomic E-state index is 0.0362. The van der Waals surface area contributed by atoms with Gasteiger partial charge in [-0.05, 0) is 6.42 Å². The highest BCUT2D eigenvalue weighted by atomic mass is 16.2. The van der Waals surface area contributed by atoms with E-state index in [0.29, 0.717) is 19.5 Å². The van der Waals surface area contributed by atoms with Gasteiger partial charge in [0.25, 0.3) is 0 Å². The lowest BCUT2D eigenvalue weighted by molar-refractivity contribution is -0.130. The first-order valence-corrected chi connectivity index (χ1v) is 5.47. The zero-order valence-electron chi connectivity index (χ0n) is 9.80. The average molecular weight is 212 g/mol. The van der Waals surface area contributed by atoms with E-state index in [0.717, 1.165) is 13.0 Å². The summed E-state index contributed by atoms with van der Waals surface area (Å²) in [7, 11) is 0. The molecule has 0 aromatic carbocycles. The normalized spacial score (nSPS) is 17.0. The highest BCUT2D eigenvalue weighted by Gasteiger charge is 2.22. The average Bonchev–Trinajstić information content (AvgIpc) is 2.50. The Morgan fingerprint density at radius 1 is 1.47 bits per heavy atom. The molecule has 1 aliphatic heterocycles. The van der Waals surface area contributed by atoms with Crippen molar-refractivity contribution in [2.45, 2.75) is 33.6 Å². The molecule has 1 fully saturated rings. The van der Waals surface area contributed by atoms with Crippen molar-refractivity contribution in [2.24, 2.45) is 5.41 Å². The van der Waals surface area contributed by atoms with Crippen LogP contribution in [0.15, 0.2) is 0 Å². The molecule has 1 heterocycles. The molecule has 0 unspecified atom stereocenters. The molecule has 15 heavy (non-hydrogen) atoms. The monoisotopic (exact) mass is 212 g/mol. The lowest BCUT2D eigenvalue weighted by Crippen LogP contribution is -2.40. The summed E-state index contributed by atoms with van der Waals surface area (Å²) in [5.74, 6) is 0.245. The number of nitrogens with one attached hydrogen (secondary N) is 1. The fraction of sp³-hybridized carbons (Fsp3) is 0.818. The molecule has 0 spiro atoms. The number of amides is 2. The van der Waals surface area contributed by atoms with Gasteiger partial charge in [0.05, 0.1) is 0 Å². The zero-order chi connectivity index (χ0) is 11.5. The molecule has 86 valence electrons. The Kier molecular flexibility index (Phi) is 3.72. The molecule has 0 bridgehead atoms. The predicted molar refractivity (Wildman–Crippen MR) is 58.3 cm³/mol. The van der Waals surface area contributed by atoms with E-state index in [1.807, 2.05) is 25.7 Å². The minimum atomic E-state index is -0.352. The number of carbonyl (C=O) groups excluding carboxylic acids is 2. The van der Waals surface area contributed by atoms with Crippen molar-refractivity contribution in [3.8, 4) is 0 Å². The largest absolute Gasteiger partial charge is 0.354 e.